The lowest BCUT2D eigenvalue weighted by atomic mass is 10.0. The summed E-state index contributed by atoms with van der Waals surface area (Å²) in [5.74, 6) is 1.54. The lowest BCUT2D eigenvalue weighted by Gasteiger charge is -2.36. The van der Waals surface area contributed by atoms with Crippen LogP contribution in [0, 0.1) is 5.82 Å². The van der Waals surface area contributed by atoms with Crippen LogP contribution < -0.4 is 25.6 Å². The quantitative estimate of drug-likeness (QED) is 0.396. The van der Waals surface area contributed by atoms with Crippen molar-refractivity contribution in [2.24, 2.45) is 5.73 Å². The van der Waals surface area contributed by atoms with E-state index in [2.05, 4.69) is 36.6 Å². The third kappa shape index (κ3) is 4.47. The molecule has 2 aromatic heterocycles. The molecule has 0 bridgehead atoms. The number of hydrogen-bond acceptors (Lipinski definition) is 10. The van der Waals surface area contributed by atoms with E-state index in [-0.39, 0.29) is 17.9 Å². The number of hydrogen-bond donors (Lipinski definition) is 2. The fourth-order valence-electron chi connectivity index (χ4n) is 5.49. The minimum atomic E-state index is -0.302. The second-order valence-corrected chi connectivity index (χ2v) is 10.1. The Morgan fingerprint density at radius 2 is 1.87 bits per heavy atom. The van der Waals surface area contributed by atoms with Crippen LogP contribution in [0.1, 0.15) is 24.6 Å². The minimum Gasteiger partial charge on any atom is -0.421 e. The number of nitrogens with two attached hydrogens (primary N) is 1. The highest BCUT2D eigenvalue weighted by atomic mass is 19.1. The molecule has 38 heavy (non-hydrogen) atoms. The fraction of sp³-hybridized carbons (Fsp3) is 0.407. The van der Waals surface area contributed by atoms with Gasteiger partial charge in [0.15, 0.2) is 5.75 Å². The van der Waals surface area contributed by atoms with Crippen LogP contribution in [0.3, 0.4) is 0 Å². The second kappa shape index (κ2) is 9.71. The number of piperazine rings is 1. The van der Waals surface area contributed by atoms with E-state index in [0.717, 1.165) is 78.7 Å². The predicted molar refractivity (Wildman–Crippen MR) is 145 cm³/mol. The first kappa shape index (κ1) is 24.4. The van der Waals surface area contributed by atoms with Crippen molar-refractivity contribution in [3.8, 4) is 22.9 Å². The highest BCUT2D eigenvalue weighted by Gasteiger charge is 2.32. The number of rotatable bonds is 6. The van der Waals surface area contributed by atoms with Crippen molar-refractivity contribution in [3.05, 3.63) is 53.9 Å². The molecule has 3 N–H and O–H groups in total. The molecule has 11 heteroatoms. The van der Waals surface area contributed by atoms with Crippen molar-refractivity contribution in [1.29, 1.82) is 0 Å². The average Bonchev–Trinajstić information content (AvgIpc) is 3.51. The summed E-state index contributed by atoms with van der Waals surface area (Å²) in [6.07, 6.45) is 4.72. The number of halogens is 1. The molecule has 0 amide bonds. The summed E-state index contributed by atoms with van der Waals surface area (Å²) in [4.78, 5) is 25.1. The van der Waals surface area contributed by atoms with Gasteiger partial charge in [-0.25, -0.2) is 14.4 Å². The van der Waals surface area contributed by atoms with Crippen molar-refractivity contribution in [2.75, 3.05) is 61.4 Å². The third-order valence-corrected chi connectivity index (χ3v) is 7.49. The Kier molecular flexibility index (Phi) is 6.22. The van der Waals surface area contributed by atoms with E-state index in [1.807, 2.05) is 6.92 Å². The van der Waals surface area contributed by atoms with Crippen LogP contribution in [0.5, 0.6) is 11.8 Å². The van der Waals surface area contributed by atoms with E-state index in [0.29, 0.717) is 24.7 Å². The Balaban J connectivity index is 1.28. The third-order valence-electron chi connectivity index (χ3n) is 7.49. The van der Waals surface area contributed by atoms with Crippen LogP contribution in [-0.2, 0) is 6.42 Å². The lowest BCUT2D eigenvalue weighted by molar-refractivity contribution is 0.321. The number of anilines is 3. The highest BCUT2D eigenvalue weighted by molar-refractivity contribution is 5.88. The summed E-state index contributed by atoms with van der Waals surface area (Å²) in [6, 6.07) is 3.35. The minimum absolute atomic E-state index is 0.0597. The number of nitrogens with one attached hydrogen (secondary N) is 1. The molecule has 198 valence electrons. The zero-order chi connectivity index (χ0) is 26.4. The van der Waals surface area contributed by atoms with E-state index < -0.39 is 0 Å². The van der Waals surface area contributed by atoms with Gasteiger partial charge in [-0.2, -0.15) is 9.97 Å². The number of benzene rings is 1. The van der Waals surface area contributed by atoms with Crippen LogP contribution in [0.15, 0.2) is 36.8 Å². The van der Waals surface area contributed by atoms with Crippen molar-refractivity contribution >= 4 is 17.5 Å². The Hall–Kier alpha value is -3.99. The molecule has 0 spiro atoms. The van der Waals surface area contributed by atoms with Gasteiger partial charge in [-0.1, -0.05) is 6.58 Å². The van der Waals surface area contributed by atoms with Gasteiger partial charge in [-0.05, 0) is 36.6 Å². The number of ether oxygens (including phenoxy) is 1. The summed E-state index contributed by atoms with van der Waals surface area (Å²) in [5.41, 5.74) is 11.5. The molecule has 3 aliphatic rings. The van der Waals surface area contributed by atoms with Gasteiger partial charge in [-0.15, -0.1) is 0 Å². The number of aromatic nitrogens is 4. The molecule has 0 saturated carbocycles. The summed E-state index contributed by atoms with van der Waals surface area (Å²) < 4.78 is 20.6. The van der Waals surface area contributed by atoms with Gasteiger partial charge >= 0.3 is 6.01 Å². The molecule has 0 unspecified atom stereocenters. The molecule has 0 radical (unpaired) electrons. The van der Waals surface area contributed by atoms with Crippen LogP contribution >= 0.6 is 0 Å². The first-order chi connectivity index (χ1) is 18.4. The Morgan fingerprint density at radius 1 is 1.11 bits per heavy atom. The van der Waals surface area contributed by atoms with Gasteiger partial charge in [0.2, 0.25) is 5.95 Å². The smallest absolute Gasteiger partial charge is 0.324 e. The average molecular weight is 518 g/mol. The molecule has 2 aliphatic heterocycles. The molecule has 3 aromatic rings. The molecule has 10 nitrogen and oxygen atoms in total. The predicted octanol–water partition coefficient (Wildman–Crippen LogP) is 3.00. The van der Waals surface area contributed by atoms with Crippen molar-refractivity contribution < 1.29 is 9.13 Å². The SMILES string of the molecule is C=C(C)N1CCN(c2ncc(Oc3nc4c(c(N5CC[C@H](N)C5)n3)-c3cc(F)cc(NC)c3C4)cn2)CC1. The Morgan fingerprint density at radius 3 is 2.53 bits per heavy atom. The lowest BCUT2D eigenvalue weighted by Crippen LogP contribution is -2.45. The van der Waals surface area contributed by atoms with Gasteiger partial charge in [0.1, 0.15) is 11.6 Å². The van der Waals surface area contributed by atoms with E-state index in [9.17, 15) is 4.39 Å². The van der Waals surface area contributed by atoms with Crippen molar-refractivity contribution in [2.45, 2.75) is 25.8 Å². The second-order valence-electron chi connectivity index (χ2n) is 10.1. The van der Waals surface area contributed by atoms with E-state index in [4.69, 9.17) is 20.4 Å². The van der Waals surface area contributed by atoms with Gasteiger partial charge < -0.3 is 30.5 Å². The van der Waals surface area contributed by atoms with Crippen molar-refractivity contribution in [1.82, 2.24) is 24.8 Å². The van der Waals surface area contributed by atoms with Crippen LogP contribution in [0.2, 0.25) is 0 Å². The van der Waals surface area contributed by atoms with Crippen LogP contribution in [-0.4, -0.2) is 77.2 Å². The first-order valence-corrected chi connectivity index (χ1v) is 13.0. The zero-order valence-corrected chi connectivity index (χ0v) is 21.7. The molecule has 1 atom stereocenters. The monoisotopic (exact) mass is 517 g/mol. The Labute approximate surface area is 221 Å². The topological polar surface area (TPSA) is 109 Å². The maximum absolute atomic E-state index is 14.5. The van der Waals surface area contributed by atoms with Gasteiger partial charge in [0.25, 0.3) is 0 Å². The maximum Gasteiger partial charge on any atom is 0.324 e. The molecule has 1 aromatic carbocycles. The van der Waals surface area contributed by atoms with Crippen LogP contribution in [0.4, 0.5) is 21.8 Å². The van der Waals surface area contributed by atoms with E-state index in [1.165, 1.54) is 6.07 Å². The van der Waals surface area contributed by atoms with E-state index >= 15 is 0 Å². The van der Waals surface area contributed by atoms with Gasteiger partial charge in [0, 0.05) is 75.7 Å². The summed E-state index contributed by atoms with van der Waals surface area (Å²) in [5, 5.41) is 3.11. The number of fused-ring (bicyclic) bond motifs is 3. The molecule has 1 aliphatic carbocycles. The molecular weight excluding hydrogens is 485 g/mol. The summed E-state index contributed by atoms with van der Waals surface area (Å²) in [7, 11) is 1.79. The normalized spacial score (nSPS) is 18.4. The molecule has 2 fully saturated rings. The summed E-state index contributed by atoms with van der Waals surface area (Å²) >= 11 is 0. The van der Waals surface area contributed by atoms with E-state index in [1.54, 1.807) is 25.5 Å². The summed E-state index contributed by atoms with van der Waals surface area (Å²) in [6.45, 7) is 10.9. The molecular formula is C27H32FN9O. The molecule has 4 heterocycles. The Bertz CT molecular complexity index is 1370. The number of nitrogens with zero attached hydrogens (tertiary/aromatic N) is 7. The number of allylic oxidation sites excluding steroid dienone is 1. The highest BCUT2D eigenvalue weighted by Crippen LogP contribution is 2.45. The van der Waals surface area contributed by atoms with Crippen molar-refractivity contribution in [3.63, 3.8) is 0 Å². The standard InChI is InChI=1S/C27H32FN9O/c1-16(2)35-6-8-36(9-7-35)26-31-13-19(14-32-26)38-27-33-23-12-20-21(10-17(28)11-22(20)30-3)24(23)25(34-27)37-5-4-18(29)15-37/h10-11,13-14,18,30H,1,4-9,12,15,29H2,2-3H3/t18-/m0/s1. The zero-order valence-electron chi connectivity index (χ0n) is 21.7. The van der Waals surface area contributed by atoms with Gasteiger partial charge in [-0.3, -0.25) is 0 Å². The molecule has 2 saturated heterocycles. The van der Waals surface area contributed by atoms with Crippen LogP contribution in [0.25, 0.3) is 11.1 Å². The maximum atomic E-state index is 14.5. The molecule has 6 rings (SSSR count). The first-order valence-electron chi connectivity index (χ1n) is 13.0. The van der Waals surface area contributed by atoms with Gasteiger partial charge in [0.05, 0.1) is 18.1 Å². The fourth-order valence-corrected chi connectivity index (χ4v) is 5.49. The largest absolute Gasteiger partial charge is 0.421 e.